The summed E-state index contributed by atoms with van der Waals surface area (Å²) in [5, 5.41) is 11.4. The Morgan fingerprint density at radius 2 is 2.00 bits per heavy atom. The lowest BCUT2D eigenvalue weighted by atomic mass is 9.91. The summed E-state index contributed by atoms with van der Waals surface area (Å²) in [6, 6.07) is 9.77. The Kier molecular flexibility index (Phi) is 4.37. The first-order chi connectivity index (χ1) is 11.0. The van der Waals surface area contributed by atoms with Gasteiger partial charge in [0, 0.05) is 30.6 Å². The van der Waals surface area contributed by atoms with Gasteiger partial charge < -0.3 is 14.7 Å². The van der Waals surface area contributed by atoms with Crippen LogP contribution in [0.2, 0.25) is 0 Å². The largest absolute Gasteiger partial charge is 0.464 e. The first-order valence-corrected chi connectivity index (χ1v) is 8.52. The van der Waals surface area contributed by atoms with E-state index in [2.05, 4.69) is 0 Å². The minimum Gasteiger partial charge on any atom is -0.464 e. The maximum absolute atomic E-state index is 12.6. The molecule has 3 rings (SSSR count). The third-order valence-corrected chi connectivity index (χ3v) is 5.27. The van der Waals surface area contributed by atoms with Crippen molar-refractivity contribution >= 4 is 33.3 Å². The summed E-state index contributed by atoms with van der Waals surface area (Å²) in [6.07, 6.45) is 0.422. The normalized spacial score (nSPS) is 17.2. The van der Waals surface area contributed by atoms with Gasteiger partial charge >= 0.3 is 5.97 Å². The molecule has 1 aromatic carbocycles. The highest BCUT2D eigenvalue weighted by atomic mass is 32.1. The molecule has 0 unspecified atom stereocenters. The molecule has 1 N–H and O–H groups in total. The summed E-state index contributed by atoms with van der Waals surface area (Å²) in [7, 11) is 0. The lowest BCUT2D eigenvalue weighted by Gasteiger charge is -2.36. The second-order valence-electron chi connectivity index (χ2n) is 5.69. The molecule has 0 spiro atoms. The van der Waals surface area contributed by atoms with Gasteiger partial charge in [0.2, 0.25) is 0 Å². The Morgan fingerprint density at radius 1 is 1.30 bits per heavy atom. The van der Waals surface area contributed by atoms with Gasteiger partial charge in [0.25, 0.3) is 5.91 Å². The molecular formula is C17H19NO4S. The number of piperidine rings is 1. The number of fused-ring (bicyclic) bond motifs is 1. The number of hydrogen-bond donors (Lipinski definition) is 1. The van der Waals surface area contributed by atoms with Gasteiger partial charge in [-0.05, 0) is 24.4 Å². The monoisotopic (exact) mass is 333 g/mol. The van der Waals surface area contributed by atoms with E-state index in [0.717, 1.165) is 10.1 Å². The standard InChI is InChI=1S/C17H19NO4S/c1-2-22-16(20)17(21)7-9-18(10-8-17)15(19)14-11-12-5-3-4-6-13(12)23-14/h3-6,11,21H,2,7-10H2,1H3. The fourth-order valence-corrected chi connectivity index (χ4v) is 3.82. The molecule has 1 aliphatic rings. The summed E-state index contributed by atoms with van der Waals surface area (Å²) in [6.45, 7) is 2.65. The third-order valence-electron chi connectivity index (χ3n) is 4.17. The molecule has 1 fully saturated rings. The smallest absolute Gasteiger partial charge is 0.338 e. The van der Waals surface area contributed by atoms with Crippen LogP contribution in [0.3, 0.4) is 0 Å². The number of carbonyl (C=O) groups excluding carboxylic acids is 2. The van der Waals surface area contributed by atoms with Crippen molar-refractivity contribution in [2.45, 2.75) is 25.4 Å². The van der Waals surface area contributed by atoms with Crippen LogP contribution in [-0.2, 0) is 9.53 Å². The van der Waals surface area contributed by atoms with Crippen LogP contribution in [0.25, 0.3) is 10.1 Å². The Hall–Kier alpha value is -1.92. The minimum absolute atomic E-state index is 0.0443. The Bertz CT molecular complexity index is 698. The first-order valence-electron chi connectivity index (χ1n) is 7.71. The van der Waals surface area contributed by atoms with Crippen molar-refractivity contribution in [2.75, 3.05) is 19.7 Å². The number of thiophene rings is 1. The maximum atomic E-state index is 12.6. The molecule has 0 saturated carbocycles. The fourth-order valence-electron chi connectivity index (χ4n) is 2.79. The zero-order valence-corrected chi connectivity index (χ0v) is 13.8. The van der Waals surface area contributed by atoms with E-state index < -0.39 is 11.6 Å². The predicted octanol–water partition coefficient (Wildman–Crippen LogP) is 2.43. The van der Waals surface area contributed by atoms with Crippen LogP contribution in [0, 0.1) is 0 Å². The fraction of sp³-hybridized carbons (Fsp3) is 0.412. The second-order valence-corrected chi connectivity index (χ2v) is 6.78. The van der Waals surface area contributed by atoms with Gasteiger partial charge in [-0.1, -0.05) is 18.2 Å². The van der Waals surface area contributed by atoms with E-state index in [4.69, 9.17) is 4.74 Å². The van der Waals surface area contributed by atoms with E-state index in [1.54, 1.807) is 11.8 Å². The van der Waals surface area contributed by atoms with Gasteiger partial charge in [0.15, 0.2) is 5.60 Å². The molecule has 0 atom stereocenters. The van der Waals surface area contributed by atoms with Gasteiger partial charge in [-0.3, -0.25) is 4.79 Å². The van der Waals surface area contributed by atoms with Crippen molar-refractivity contribution in [1.29, 1.82) is 0 Å². The molecule has 23 heavy (non-hydrogen) atoms. The predicted molar refractivity (Wildman–Crippen MR) is 88.5 cm³/mol. The Labute approximate surface area is 138 Å². The average molecular weight is 333 g/mol. The van der Waals surface area contributed by atoms with Crippen molar-refractivity contribution in [3.8, 4) is 0 Å². The molecular weight excluding hydrogens is 314 g/mol. The van der Waals surface area contributed by atoms with Crippen LogP contribution in [0.4, 0.5) is 0 Å². The van der Waals surface area contributed by atoms with Crippen LogP contribution < -0.4 is 0 Å². The third kappa shape index (κ3) is 3.09. The van der Waals surface area contributed by atoms with Gasteiger partial charge in [-0.2, -0.15) is 0 Å². The number of ether oxygens (including phenoxy) is 1. The van der Waals surface area contributed by atoms with Crippen LogP contribution >= 0.6 is 11.3 Å². The highest BCUT2D eigenvalue weighted by Gasteiger charge is 2.41. The SMILES string of the molecule is CCOC(=O)C1(O)CCN(C(=O)c2cc3ccccc3s2)CC1. The minimum atomic E-state index is -1.47. The molecule has 1 saturated heterocycles. The van der Waals surface area contributed by atoms with Crippen molar-refractivity contribution in [3.05, 3.63) is 35.2 Å². The summed E-state index contributed by atoms with van der Waals surface area (Å²) < 4.78 is 5.99. The van der Waals surface area contributed by atoms with Crippen molar-refractivity contribution in [2.24, 2.45) is 0 Å². The van der Waals surface area contributed by atoms with Crippen molar-refractivity contribution in [3.63, 3.8) is 0 Å². The van der Waals surface area contributed by atoms with Crippen molar-refractivity contribution < 1.29 is 19.4 Å². The molecule has 0 bridgehead atoms. The summed E-state index contributed by atoms with van der Waals surface area (Å²) in [4.78, 5) is 26.8. The quantitative estimate of drug-likeness (QED) is 0.876. The molecule has 2 heterocycles. The molecule has 6 heteroatoms. The molecule has 0 aliphatic carbocycles. The Morgan fingerprint density at radius 3 is 2.65 bits per heavy atom. The number of carbonyl (C=O) groups is 2. The van der Waals surface area contributed by atoms with E-state index in [1.807, 2.05) is 30.3 Å². The number of esters is 1. The molecule has 1 aliphatic heterocycles. The molecule has 122 valence electrons. The Balaban J connectivity index is 1.69. The van der Waals surface area contributed by atoms with Crippen molar-refractivity contribution in [1.82, 2.24) is 4.90 Å². The average Bonchev–Trinajstić information content (AvgIpc) is 2.99. The zero-order valence-electron chi connectivity index (χ0n) is 12.9. The molecule has 1 aromatic heterocycles. The molecule has 1 amide bonds. The number of rotatable bonds is 3. The summed E-state index contributed by atoms with van der Waals surface area (Å²) >= 11 is 1.47. The second kappa shape index (κ2) is 6.29. The highest BCUT2D eigenvalue weighted by Crippen LogP contribution is 2.29. The molecule has 0 radical (unpaired) electrons. The van der Waals surface area contributed by atoms with E-state index >= 15 is 0 Å². The molecule has 2 aromatic rings. The number of benzene rings is 1. The number of amides is 1. The summed E-state index contributed by atoms with van der Waals surface area (Å²) in [5.41, 5.74) is -1.47. The van der Waals surface area contributed by atoms with Gasteiger partial charge in [0.1, 0.15) is 0 Å². The van der Waals surface area contributed by atoms with Gasteiger partial charge in [-0.15, -0.1) is 11.3 Å². The number of likely N-dealkylation sites (tertiary alicyclic amines) is 1. The highest BCUT2D eigenvalue weighted by molar-refractivity contribution is 7.20. The number of nitrogens with zero attached hydrogens (tertiary/aromatic N) is 1. The summed E-state index contributed by atoms with van der Waals surface area (Å²) in [5.74, 6) is -0.633. The van der Waals surface area contributed by atoms with Crippen LogP contribution in [-0.4, -0.2) is 47.2 Å². The van der Waals surface area contributed by atoms with Gasteiger partial charge in [0.05, 0.1) is 11.5 Å². The zero-order chi connectivity index (χ0) is 16.4. The van der Waals surface area contributed by atoms with Crippen LogP contribution in [0.1, 0.15) is 29.4 Å². The first kappa shape index (κ1) is 16.0. The van der Waals surface area contributed by atoms with E-state index in [0.29, 0.717) is 18.0 Å². The van der Waals surface area contributed by atoms with E-state index in [1.165, 1.54) is 11.3 Å². The van der Waals surface area contributed by atoms with Gasteiger partial charge in [-0.25, -0.2) is 4.79 Å². The van der Waals surface area contributed by atoms with Crippen LogP contribution in [0.15, 0.2) is 30.3 Å². The lowest BCUT2D eigenvalue weighted by Crippen LogP contribution is -2.51. The number of hydrogen-bond acceptors (Lipinski definition) is 5. The van der Waals surface area contributed by atoms with E-state index in [9.17, 15) is 14.7 Å². The van der Waals surface area contributed by atoms with E-state index in [-0.39, 0.29) is 25.4 Å². The maximum Gasteiger partial charge on any atom is 0.338 e. The lowest BCUT2D eigenvalue weighted by molar-refractivity contribution is -0.169. The number of aliphatic hydroxyl groups is 1. The molecule has 5 nitrogen and oxygen atoms in total. The topological polar surface area (TPSA) is 66.8 Å². The van der Waals surface area contributed by atoms with Crippen LogP contribution in [0.5, 0.6) is 0 Å².